The van der Waals surface area contributed by atoms with E-state index in [4.69, 9.17) is 0 Å². The molecular formula is C18H22. The third-order valence-corrected chi connectivity index (χ3v) is 10.5. The summed E-state index contributed by atoms with van der Waals surface area (Å²) in [5, 5.41) is 0. The van der Waals surface area contributed by atoms with Crippen LogP contribution in [0.1, 0.15) is 25.7 Å². The summed E-state index contributed by atoms with van der Waals surface area (Å²) in [6, 6.07) is 0. The molecule has 0 N–H and O–H groups in total. The first-order chi connectivity index (χ1) is 8.97. The second kappa shape index (κ2) is 2.06. The molecule has 0 spiro atoms. The number of fused-ring (bicyclic) bond motifs is 19. The molecule has 8 aliphatic rings. The Labute approximate surface area is 109 Å². The summed E-state index contributed by atoms with van der Waals surface area (Å²) in [5.74, 6) is 18.1. The van der Waals surface area contributed by atoms with E-state index in [2.05, 4.69) is 0 Å². The van der Waals surface area contributed by atoms with E-state index in [0.29, 0.717) is 0 Å². The van der Waals surface area contributed by atoms with Crippen LogP contribution in [-0.4, -0.2) is 0 Å². The molecule has 0 saturated heterocycles. The zero-order valence-electron chi connectivity index (χ0n) is 10.9. The maximum atomic E-state index is 1.64. The molecule has 94 valence electrons. The van der Waals surface area contributed by atoms with Gasteiger partial charge in [-0.2, -0.15) is 0 Å². The van der Waals surface area contributed by atoms with Crippen molar-refractivity contribution in [2.45, 2.75) is 25.7 Å². The maximum Gasteiger partial charge on any atom is -0.0312 e. The molecule has 8 fully saturated rings. The summed E-state index contributed by atoms with van der Waals surface area (Å²) < 4.78 is 0. The van der Waals surface area contributed by atoms with Crippen molar-refractivity contribution >= 4 is 0 Å². The molecule has 0 amide bonds. The van der Waals surface area contributed by atoms with E-state index in [1.54, 1.807) is 25.7 Å². The van der Waals surface area contributed by atoms with Crippen LogP contribution in [0.15, 0.2) is 0 Å². The molecule has 0 nitrogen and oxygen atoms in total. The van der Waals surface area contributed by atoms with E-state index in [1.165, 1.54) is 82.9 Å². The molecule has 0 aliphatic heterocycles. The average Bonchev–Trinajstić information content (AvgIpc) is 2.28. The number of hydrogen-bond acceptors (Lipinski definition) is 0. The van der Waals surface area contributed by atoms with Crippen molar-refractivity contribution < 1.29 is 0 Å². The third-order valence-electron chi connectivity index (χ3n) is 10.5. The van der Waals surface area contributed by atoms with Crippen molar-refractivity contribution in [2.75, 3.05) is 0 Å². The average molecular weight is 238 g/mol. The lowest BCUT2D eigenvalue weighted by Crippen LogP contribution is -2.90. The van der Waals surface area contributed by atoms with Gasteiger partial charge in [0.15, 0.2) is 0 Å². The SMILES string of the molecule is C1CC2C1C1C2C2C1C1C2C2C1C1C3CCC3[C@@H]12. The predicted molar refractivity (Wildman–Crippen MR) is 67.3 cm³/mol. The van der Waals surface area contributed by atoms with Gasteiger partial charge in [-0.15, -0.1) is 0 Å². The lowest BCUT2D eigenvalue weighted by molar-refractivity contribution is -0.465. The van der Waals surface area contributed by atoms with Crippen LogP contribution in [0.3, 0.4) is 0 Å². The number of hydrogen-bond donors (Lipinski definition) is 0. The van der Waals surface area contributed by atoms with Gasteiger partial charge in [0, 0.05) is 0 Å². The van der Waals surface area contributed by atoms with Gasteiger partial charge < -0.3 is 0 Å². The highest BCUT2D eigenvalue weighted by Gasteiger charge is 2.88. The lowest BCUT2D eigenvalue weighted by atomic mass is 9.11. The van der Waals surface area contributed by atoms with Crippen LogP contribution in [0.25, 0.3) is 0 Å². The predicted octanol–water partition coefficient (Wildman–Crippen LogP) is 3.28. The fourth-order valence-electron chi connectivity index (χ4n) is 10.1. The first kappa shape index (κ1) is 8.32. The molecule has 14 atom stereocenters. The molecule has 8 aliphatic carbocycles. The summed E-state index contributed by atoms with van der Waals surface area (Å²) in [5.41, 5.74) is 0. The van der Waals surface area contributed by atoms with E-state index in [1.807, 2.05) is 0 Å². The quantitative estimate of drug-likeness (QED) is 0.568. The summed E-state index contributed by atoms with van der Waals surface area (Å²) in [4.78, 5) is 0. The second-order valence-corrected chi connectivity index (χ2v) is 9.58. The Morgan fingerprint density at radius 2 is 0.500 bits per heavy atom. The molecule has 0 bridgehead atoms. The highest BCUT2D eigenvalue weighted by molar-refractivity contribution is 5.35. The van der Waals surface area contributed by atoms with Crippen LogP contribution >= 0.6 is 0 Å². The Morgan fingerprint density at radius 1 is 0.278 bits per heavy atom. The van der Waals surface area contributed by atoms with Gasteiger partial charge in [-0.25, -0.2) is 0 Å². The third kappa shape index (κ3) is 0.487. The molecular weight excluding hydrogens is 216 g/mol. The number of rotatable bonds is 0. The molecule has 0 aromatic carbocycles. The lowest BCUT2D eigenvalue weighted by Gasteiger charge is -2.93. The van der Waals surface area contributed by atoms with E-state index < -0.39 is 0 Å². The fourth-order valence-corrected chi connectivity index (χ4v) is 10.1. The van der Waals surface area contributed by atoms with Crippen LogP contribution in [0.2, 0.25) is 0 Å². The second-order valence-electron chi connectivity index (χ2n) is 9.58. The van der Waals surface area contributed by atoms with Crippen molar-refractivity contribution in [3.05, 3.63) is 0 Å². The summed E-state index contributed by atoms with van der Waals surface area (Å²) in [6.07, 6.45) is 6.54. The Hall–Kier alpha value is 0. The van der Waals surface area contributed by atoms with Crippen LogP contribution in [-0.2, 0) is 0 Å². The summed E-state index contributed by atoms with van der Waals surface area (Å²) in [6.45, 7) is 0. The van der Waals surface area contributed by atoms with Crippen molar-refractivity contribution in [3.63, 3.8) is 0 Å². The molecule has 0 aromatic heterocycles. The zero-order chi connectivity index (χ0) is 10.9. The smallest absolute Gasteiger partial charge is 0.0312 e. The van der Waals surface area contributed by atoms with Crippen molar-refractivity contribution in [1.29, 1.82) is 0 Å². The molecule has 8 saturated carbocycles. The summed E-state index contributed by atoms with van der Waals surface area (Å²) in [7, 11) is 0. The Balaban J connectivity index is 1.17. The van der Waals surface area contributed by atoms with Gasteiger partial charge in [-0.05, 0) is 109 Å². The molecule has 0 heterocycles. The highest BCUT2D eigenvalue weighted by atomic mass is 14.9. The van der Waals surface area contributed by atoms with Gasteiger partial charge in [0.1, 0.15) is 0 Å². The van der Waals surface area contributed by atoms with Crippen LogP contribution in [0, 0.1) is 82.9 Å². The van der Waals surface area contributed by atoms with Crippen LogP contribution in [0.4, 0.5) is 0 Å². The minimum Gasteiger partial charge on any atom is -0.0496 e. The van der Waals surface area contributed by atoms with Crippen molar-refractivity contribution in [2.24, 2.45) is 82.9 Å². The highest BCUT2D eigenvalue weighted by Crippen LogP contribution is 2.92. The van der Waals surface area contributed by atoms with Gasteiger partial charge in [0.05, 0.1) is 0 Å². The minimum atomic E-state index is 1.27. The van der Waals surface area contributed by atoms with Crippen molar-refractivity contribution in [3.8, 4) is 0 Å². The van der Waals surface area contributed by atoms with Gasteiger partial charge in [0.2, 0.25) is 0 Å². The van der Waals surface area contributed by atoms with Gasteiger partial charge in [-0.1, -0.05) is 0 Å². The maximum absolute atomic E-state index is 1.64. The normalized spacial score (nSPS) is 89.3. The first-order valence-corrected chi connectivity index (χ1v) is 8.97. The monoisotopic (exact) mass is 238 g/mol. The molecule has 0 radical (unpaired) electrons. The first-order valence-electron chi connectivity index (χ1n) is 8.97. The minimum absolute atomic E-state index is 1.27. The topological polar surface area (TPSA) is 0 Å². The van der Waals surface area contributed by atoms with Crippen molar-refractivity contribution in [1.82, 2.24) is 0 Å². The Kier molecular flexibility index (Phi) is 0.951. The van der Waals surface area contributed by atoms with E-state index in [0.717, 1.165) is 0 Å². The van der Waals surface area contributed by atoms with Crippen LogP contribution < -0.4 is 0 Å². The molecule has 18 heavy (non-hydrogen) atoms. The molecule has 13 unspecified atom stereocenters. The molecule has 0 heteroatoms. The van der Waals surface area contributed by atoms with Crippen LogP contribution in [0.5, 0.6) is 0 Å². The van der Waals surface area contributed by atoms with Gasteiger partial charge >= 0.3 is 0 Å². The molecule has 0 aromatic rings. The standard InChI is InChI=1S/C18H22/c1-2-6-5(1)9-10(6)14-13(9)17-15-11-7-3-4-8(7)12(11)16(15)18(14)17/h5-18H,1-4H2/t5?,6?,7?,8?,9-,10?,11?,12?,13?,14?,15?,16?,17?,18?/m0/s1. The van der Waals surface area contributed by atoms with E-state index >= 15 is 0 Å². The Bertz CT molecular complexity index is 418. The largest absolute Gasteiger partial charge is 0.0496 e. The van der Waals surface area contributed by atoms with Gasteiger partial charge in [0.25, 0.3) is 0 Å². The van der Waals surface area contributed by atoms with Gasteiger partial charge in [-0.3, -0.25) is 0 Å². The molecule has 8 rings (SSSR count). The van der Waals surface area contributed by atoms with E-state index in [9.17, 15) is 0 Å². The fraction of sp³-hybridized carbons (Fsp3) is 1.00. The zero-order valence-corrected chi connectivity index (χ0v) is 10.9. The Morgan fingerprint density at radius 3 is 0.722 bits per heavy atom. The van der Waals surface area contributed by atoms with E-state index in [-0.39, 0.29) is 0 Å². The summed E-state index contributed by atoms with van der Waals surface area (Å²) >= 11 is 0.